The van der Waals surface area contributed by atoms with E-state index < -0.39 is 17.6 Å². The van der Waals surface area contributed by atoms with Crippen LogP contribution in [-0.2, 0) is 9.59 Å². The minimum absolute atomic E-state index is 0.0991. The van der Waals surface area contributed by atoms with Crippen molar-refractivity contribution in [3.8, 4) is 0 Å². The molecule has 0 bridgehead atoms. The lowest BCUT2D eigenvalue weighted by molar-refractivity contribution is -0.150. The first-order valence-corrected chi connectivity index (χ1v) is 4.66. The van der Waals surface area contributed by atoms with E-state index in [-0.39, 0.29) is 12.3 Å². The number of carboxylic acids is 1. The van der Waals surface area contributed by atoms with Gasteiger partial charge in [0.05, 0.1) is 6.10 Å². The molecule has 1 aliphatic carbocycles. The molecule has 0 spiro atoms. The lowest BCUT2D eigenvalue weighted by Gasteiger charge is -2.35. The standard InChI is InChI=1S/C9H15NO4/c1-6(11)10-9(8(13)14)4-2-3-7(12)5-9/h7,12H,2-5H2,1H3,(H,10,11)(H,13,14)/t7-,9-/m0/s1. The van der Waals surface area contributed by atoms with Gasteiger partial charge in [-0.05, 0) is 19.3 Å². The number of carboxylic acid groups (broad SMARTS) is 1. The summed E-state index contributed by atoms with van der Waals surface area (Å²) in [6, 6.07) is 0. The van der Waals surface area contributed by atoms with Gasteiger partial charge in [0.15, 0.2) is 0 Å². The normalized spacial score (nSPS) is 32.3. The molecule has 1 rings (SSSR count). The second-order valence-electron chi connectivity index (χ2n) is 3.82. The van der Waals surface area contributed by atoms with E-state index in [0.29, 0.717) is 19.3 Å². The number of rotatable bonds is 2. The van der Waals surface area contributed by atoms with E-state index >= 15 is 0 Å². The molecule has 3 N–H and O–H groups in total. The smallest absolute Gasteiger partial charge is 0.329 e. The number of carbonyl (C=O) groups is 2. The Labute approximate surface area is 82.1 Å². The Balaban J connectivity index is 2.80. The first-order chi connectivity index (χ1) is 6.46. The molecule has 5 heteroatoms. The third-order valence-electron chi connectivity index (χ3n) is 2.55. The van der Waals surface area contributed by atoms with Crippen LogP contribution in [0.4, 0.5) is 0 Å². The molecule has 2 atom stereocenters. The van der Waals surface area contributed by atoms with E-state index in [9.17, 15) is 14.7 Å². The van der Waals surface area contributed by atoms with Crippen molar-refractivity contribution in [2.75, 3.05) is 0 Å². The second kappa shape index (κ2) is 3.96. The molecular weight excluding hydrogens is 186 g/mol. The van der Waals surface area contributed by atoms with Gasteiger partial charge in [-0.1, -0.05) is 0 Å². The summed E-state index contributed by atoms with van der Waals surface area (Å²) >= 11 is 0. The fraction of sp³-hybridized carbons (Fsp3) is 0.778. The Bertz CT molecular complexity index is 253. The van der Waals surface area contributed by atoms with E-state index in [1.54, 1.807) is 0 Å². The Morgan fingerprint density at radius 3 is 2.57 bits per heavy atom. The predicted molar refractivity (Wildman–Crippen MR) is 48.7 cm³/mol. The van der Waals surface area contributed by atoms with Crippen molar-refractivity contribution in [2.24, 2.45) is 0 Å². The topological polar surface area (TPSA) is 86.6 Å². The summed E-state index contributed by atoms with van der Waals surface area (Å²) < 4.78 is 0. The van der Waals surface area contributed by atoms with E-state index in [0.717, 1.165) is 0 Å². The summed E-state index contributed by atoms with van der Waals surface area (Å²) in [4.78, 5) is 21.9. The molecule has 0 aromatic rings. The number of carbonyl (C=O) groups excluding carboxylic acids is 1. The molecule has 0 aliphatic heterocycles. The summed E-state index contributed by atoms with van der Waals surface area (Å²) in [5, 5.41) is 20.8. The summed E-state index contributed by atoms with van der Waals surface area (Å²) in [6.45, 7) is 1.28. The fourth-order valence-electron chi connectivity index (χ4n) is 1.94. The van der Waals surface area contributed by atoms with E-state index in [2.05, 4.69) is 5.32 Å². The predicted octanol–water partition coefficient (Wildman–Crippen LogP) is -0.119. The van der Waals surface area contributed by atoms with Crippen molar-refractivity contribution in [3.63, 3.8) is 0 Å². The lowest BCUT2D eigenvalue weighted by atomic mass is 9.80. The molecule has 1 aliphatic rings. The van der Waals surface area contributed by atoms with Crippen molar-refractivity contribution in [1.29, 1.82) is 0 Å². The van der Waals surface area contributed by atoms with Crippen molar-refractivity contribution in [3.05, 3.63) is 0 Å². The van der Waals surface area contributed by atoms with Gasteiger partial charge >= 0.3 is 5.97 Å². The van der Waals surface area contributed by atoms with Crippen molar-refractivity contribution < 1.29 is 19.8 Å². The van der Waals surface area contributed by atoms with Gasteiger partial charge in [-0.25, -0.2) is 4.79 Å². The molecule has 1 fully saturated rings. The Morgan fingerprint density at radius 1 is 1.50 bits per heavy atom. The maximum atomic E-state index is 11.0. The maximum Gasteiger partial charge on any atom is 0.329 e. The molecule has 0 unspecified atom stereocenters. The number of hydrogen-bond donors (Lipinski definition) is 3. The largest absolute Gasteiger partial charge is 0.480 e. The van der Waals surface area contributed by atoms with Crippen LogP contribution in [0.3, 0.4) is 0 Å². The lowest BCUT2D eigenvalue weighted by Crippen LogP contribution is -2.57. The van der Waals surface area contributed by atoms with E-state index in [4.69, 9.17) is 5.11 Å². The van der Waals surface area contributed by atoms with Crippen LogP contribution < -0.4 is 5.32 Å². The highest BCUT2D eigenvalue weighted by molar-refractivity contribution is 5.86. The molecule has 0 radical (unpaired) electrons. The van der Waals surface area contributed by atoms with Crippen LogP contribution in [0, 0.1) is 0 Å². The molecule has 0 aromatic carbocycles. The Morgan fingerprint density at radius 2 is 2.14 bits per heavy atom. The molecule has 80 valence electrons. The zero-order valence-corrected chi connectivity index (χ0v) is 8.12. The number of aliphatic carboxylic acids is 1. The van der Waals surface area contributed by atoms with Gasteiger partial charge in [0.25, 0.3) is 0 Å². The van der Waals surface area contributed by atoms with Crippen LogP contribution >= 0.6 is 0 Å². The molecule has 14 heavy (non-hydrogen) atoms. The quantitative estimate of drug-likeness (QED) is 0.581. The third kappa shape index (κ3) is 2.23. The molecule has 0 saturated heterocycles. The number of aliphatic hydroxyl groups excluding tert-OH is 1. The zero-order chi connectivity index (χ0) is 10.8. The minimum Gasteiger partial charge on any atom is -0.480 e. The average Bonchev–Trinajstić information content (AvgIpc) is 2.02. The number of amides is 1. The van der Waals surface area contributed by atoms with Crippen LogP contribution in [0.15, 0.2) is 0 Å². The summed E-state index contributed by atoms with van der Waals surface area (Å²) in [5.41, 5.74) is -1.26. The highest BCUT2D eigenvalue weighted by Gasteiger charge is 2.43. The molecule has 0 aromatic heterocycles. The van der Waals surface area contributed by atoms with Gasteiger partial charge in [-0.3, -0.25) is 4.79 Å². The molecule has 1 amide bonds. The second-order valence-corrected chi connectivity index (χ2v) is 3.82. The van der Waals surface area contributed by atoms with E-state index in [1.165, 1.54) is 6.92 Å². The van der Waals surface area contributed by atoms with Gasteiger partial charge in [-0.15, -0.1) is 0 Å². The summed E-state index contributed by atoms with van der Waals surface area (Å²) in [5.74, 6) is -1.44. The number of nitrogens with one attached hydrogen (secondary N) is 1. The Kier molecular flexibility index (Phi) is 3.10. The Hall–Kier alpha value is -1.10. The molecule has 5 nitrogen and oxygen atoms in total. The van der Waals surface area contributed by atoms with Gasteiger partial charge < -0.3 is 15.5 Å². The first kappa shape index (κ1) is 11.0. The van der Waals surface area contributed by atoms with Gasteiger partial charge in [0.1, 0.15) is 5.54 Å². The molecule has 0 heterocycles. The number of hydrogen-bond acceptors (Lipinski definition) is 3. The summed E-state index contributed by atoms with van der Waals surface area (Å²) in [7, 11) is 0. The van der Waals surface area contributed by atoms with Crippen LogP contribution in [0.1, 0.15) is 32.6 Å². The maximum absolute atomic E-state index is 11.0. The van der Waals surface area contributed by atoms with Gasteiger partial charge in [-0.2, -0.15) is 0 Å². The SMILES string of the molecule is CC(=O)N[C@@]1(C(=O)O)CCC[C@H](O)C1. The van der Waals surface area contributed by atoms with E-state index in [1.807, 2.05) is 0 Å². The highest BCUT2D eigenvalue weighted by Crippen LogP contribution is 2.28. The minimum atomic E-state index is -1.26. The van der Waals surface area contributed by atoms with Crippen LogP contribution in [0.5, 0.6) is 0 Å². The fourth-order valence-corrected chi connectivity index (χ4v) is 1.94. The van der Waals surface area contributed by atoms with Crippen molar-refractivity contribution >= 4 is 11.9 Å². The first-order valence-electron chi connectivity index (χ1n) is 4.66. The highest BCUT2D eigenvalue weighted by atomic mass is 16.4. The van der Waals surface area contributed by atoms with Gasteiger partial charge in [0, 0.05) is 13.3 Å². The van der Waals surface area contributed by atoms with Crippen molar-refractivity contribution in [2.45, 2.75) is 44.2 Å². The third-order valence-corrected chi connectivity index (χ3v) is 2.55. The molecule has 1 saturated carbocycles. The number of aliphatic hydroxyl groups is 1. The van der Waals surface area contributed by atoms with Crippen LogP contribution in [0.2, 0.25) is 0 Å². The summed E-state index contributed by atoms with van der Waals surface area (Å²) in [6.07, 6.45) is 1.08. The van der Waals surface area contributed by atoms with Crippen molar-refractivity contribution in [1.82, 2.24) is 5.32 Å². The van der Waals surface area contributed by atoms with Crippen LogP contribution in [-0.4, -0.2) is 33.7 Å². The average molecular weight is 201 g/mol. The monoisotopic (exact) mass is 201 g/mol. The van der Waals surface area contributed by atoms with Gasteiger partial charge in [0.2, 0.25) is 5.91 Å². The molecular formula is C9H15NO4. The van der Waals surface area contributed by atoms with Crippen LogP contribution in [0.25, 0.3) is 0 Å². The zero-order valence-electron chi connectivity index (χ0n) is 8.12.